The van der Waals surface area contributed by atoms with Crippen LogP contribution < -0.4 is 15.4 Å². The number of H-pyrrole nitrogens is 1. The van der Waals surface area contributed by atoms with Gasteiger partial charge >= 0.3 is 6.03 Å². The average molecular weight is 435 g/mol. The van der Waals surface area contributed by atoms with E-state index < -0.39 is 6.03 Å². The van der Waals surface area contributed by atoms with Gasteiger partial charge in [-0.3, -0.25) is 4.79 Å². The van der Waals surface area contributed by atoms with Gasteiger partial charge in [-0.15, -0.1) is 0 Å². The molecule has 0 aliphatic carbocycles. The van der Waals surface area contributed by atoms with Crippen LogP contribution in [-0.4, -0.2) is 42.0 Å². The molecule has 32 heavy (non-hydrogen) atoms. The third-order valence-corrected chi connectivity index (χ3v) is 5.93. The van der Waals surface area contributed by atoms with Crippen LogP contribution in [0.25, 0.3) is 10.9 Å². The van der Waals surface area contributed by atoms with Gasteiger partial charge in [-0.05, 0) is 42.5 Å². The maximum Gasteiger partial charge on any atom is 0.319 e. The molecule has 3 amide bonds. The van der Waals surface area contributed by atoms with Crippen molar-refractivity contribution in [3.63, 3.8) is 0 Å². The minimum absolute atomic E-state index is 0.0299. The number of carbonyl (C=O) groups excluding carboxylic acids is 2. The van der Waals surface area contributed by atoms with Crippen molar-refractivity contribution in [2.24, 2.45) is 5.92 Å². The first-order valence-electron chi connectivity index (χ1n) is 11.0. The van der Waals surface area contributed by atoms with E-state index >= 15 is 0 Å². The zero-order valence-electron chi connectivity index (χ0n) is 18.8. The minimum atomic E-state index is -0.438. The van der Waals surface area contributed by atoms with Crippen molar-refractivity contribution in [2.45, 2.75) is 32.7 Å². The van der Waals surface area contributed by atoms with E-state index in [9.17, 15) is 9.59 Å². The summed E-state index contributed by atoms with van der Waals surface area (Å²) in [4.78, 5) is 31.0. The summed E-state index contributed by atoms with van der Waals surface area (Å²) in [6.45, 7) is 4.91. The lowest BCUT2D eigenvalue weighted by molar-refractivity contribution is -0.133. The second-order valence-electron chi connectivity index (χ2n) is 8.55. The topological polar surface area (TPSA) is 86.5 Å². The zero-order chi connectivity index (χ0) is 22.7. The molecule has 4 rings (SSSR count). The highest BCUT2D eigenvalue weighted by atomic mass is 16.5. The molecule has 2 aromatic carbocycles. The summed E-state index contributed by atoms with van der Waals surface area (Å²) in [5.41, 5.74) is 4.09. The molecule has 0 bridgehead atoms. The molecule has 3 N–H and O–H groups in total. The standard InChI is InChI=1S/C25H30N4O3/c1-16(2)14-21-24-18(17-8-4-5-9-19(17)27-24)12-13-29(21)23(30)15-26-25(31)28-20-10-6-7-11-22(20)32-3/h4-11,16,21,27H,12-15H2,1-3H3,(H2,26,28,31). The molecule has 1 atom stereocenters. The van der Waals surface area contributed by atoms with E-state index in [0.717, 1.165) is 24.1 Å². The number of hydrogen-bond acceptors (Lipinski definition) is 3. The van der Waals surface area contributed by atoms with Crippen LogP contribution in [0.15, 0.2) is 48.5 Å². The second-order valence-corrected chi connectivity index (χ2v) is 8.55. The molecular weight excluding hydrogens is 404 g/mol. The number of anilines is 1. The van der Waals surface area contributed by atoms with E-state index in [4.69, 9.17) is 4.74 Å². The van der Waals surface area contributed by atoms with Crippen molar-refractivity contribution in [3.8, 4) is 5.75 Å². The molecule has 0 spiro atoms. The number of carbonyl (C=O) groups is 2. The molecule has 2 heterocycles. The number of fused-ring (bicyclic) bond motifs is 3. The Bertz CT molecular complexity index is 1120. The Labute approximate surface area is 188 Å². The average Bonchev–Trinajstić information content (AvgIpc) is 3.17. The highest BCUT2D eigenvalue weighted by Crippen LogP contribution is 2.37. The summed E-state index contributed by atoms with van der Waals surface area (Å²) in [5, 5.41) is 6.68. The lowest BCUT2D eigenvalue weighted by Gasteiger charge is -2.37. The van der Waals surface area contributed by atoms with Crippen LogP contribution in [0.1, 0.15) is 37.6 Å². The van der Waals surface area contributed by atoms with Crippen LogP contribution in [0.4, 0.5) is 10.5 Å². The molecule has 168 valence electrons. The fourth-order valence-electron chi connectivity index (χ4n) is 4.48. The Balaban J connectivity index is 1.47. The van der Waals surface area contributed by atoms with E-state index in [1.807, 2.05) is 23.1 Å². The fourth-order valence-corrected chi connectivity index (χ4v) is 4.48. The third kappa shape index (κ3) is 4.42. The molecule has 0 saturated heterocycles. The molecule has 1 aromatic heterocycles. The van der Waals surface area contributed by atoms with E-state index in [-0.39, 0.29) is 18.5 Å². The Hall–Kier alpha value is -3.48. The molecule has 0 radical (unpaired) electrons. The van der Waals surface area contributed by atoms with Gasteiger partial charge in [0.15, 0.2) is 0 Å². The van der Waals surface area contributed by atoms with Gasteiger partial charge in [-0.1, -0.05) is 44.2 Å². The second kappa shape index (κ2) is 9.34. The van der Waals surface area contributed by atoms with Gasteiger partial charge in [-0.2, -0.15) is 0 Å². The number of nitrogens with zero attached hydrogens (tertiary/aromatic N) is 1. The lowest BCUT2D eigenvalue weighted by atomic mass is 9.91. The number of aromatic amines is 1. The van der Waals surface area contributed by atoms with Gasteiger partial charge < -0.3 is 25.3 Å². The van der Waals surface area contributed by atoms with E-state index in [1.54, 1.807) is 19.2 Å². The summed E-state index contributed by atoms with van der Waals surface area (Å²) >= 11 is 0. The van der Waals surface area contributed by atoms with Crippen LogP contribution in [0.2, 0.25) is 0 Å². The van der Waals surface area contributed by atoms with Crippen molar-refractivity contribution < 1.29 is 14.3 Å². The first-order chi connectivity index (χ1) is 15.5. The number of aromatic nitrogens is 1. The minimum Gasteiger partial charge on any atom is -0.495 e. The third-order valence-electron chi connectivity index (χ3n) is 5.93. The van der Waals surface area contributed by atoms with Gasteiger partial charge in [0.25, 0.3) is 0 Å². The highest BCUT2D eigenvalue weighted by Gasteiger charge is 2.33. The summed E-state index contributed by atoms with van der Waals surface area (Å²) in [5.74, 6) is 0.901. The molecule has 1 unspecified atom stereocenters. The van der Waals surface area contributed by atoms with Crippen molar-refractivity contribution in [1.29, 1.82) is 0 Å². The number of amides is 3. The molecule has 0 saturated carbocycles. The molecular formula is C25H30N4O3. The van der Waals surface area contributed by atoms with Crippen LogP contribution in [-0.2, 0) is 11.2 Å². The Morgan fingerprint density at radius 2 is 1.91 bits per heavy atom. The van der Waals surface area contributed by atoms with Gasteiger partial charge in [0, 0.05) is 23.1 Å². The lowest BCUT2D eigenvalue weighted by Crippen LogP contribution is -2.46. The van der Waals surface area contributed by atoms with Crippen LogP contribution >= 0.6 is 0 Å². The maximum atomic E-state index is 13.1. The van der Waals surface area contributed by atoms with Crippen molar-refractivity contribution in [2.75, 3.05) is 25.5 Å². The number of urea groups is 1. The summed E-state index contributed by atoms with van der Waals surface area (Å²) in [6.07, 6.45) is 1.66. The van der Waals surface area contributed by atoms with Gasteiger partial charge in [0.2, 0.25) is 5.91 Å². The normalized spacial score (nSPS) is 15.5. The number of methoxy groups -OCH3 is 1. The SMILES string of the molecule is COc1ccccc1NC(=O)NCC(=O)N1CCc2c([nH]c3ccccc23)C1CC(C)C. The monoisotopic (exact) mass is 434 g/mol. The molecule has 3 aromatic rings. The number of para-hydroxylation sites is 3. The Morgan fingerprint density at radius 1 is 1.16 bits per heavy atom. The Kier molecular flexibility index (Phi) is 6.35. The van der Waals surface area contributed by atoms with Crippen molar-refractivity contribution in [3.05, 3.63) is 59.8 Å². The molecule has 0 fully saturated rings. The largest absolute Gasteiger partial charge is 0.495 e. The first-order valence-corrected chi connectivity index (χ1v) is 11.0. The van der Waals surface area contributed by atoms with Gasteiger partial charge in [0.05, 0.1) is 25.4 Å². The smallest absolute Gasteiger partial charge is 0.319 e. The molecule has 1 aliphatic heterocycles. The van der Waals surface area contributed by atoms with E-state index in [2.05, 4.69) is 47.7 Å². The van der Waals surface area contributed by atoms with Crippen LogP contribution in [0.3, 0.4) is 0 Å². The summed E-state index contributed by atoms with van der Waals surface area (Å²) < 4.78 is 5.26. The molecule has 7 heteroatoms. The maximum absolute atomic E-state index is 13.1. The van der Waals surface area contributed by atoms with Gasteiger partial charge in [-0.25, -0.2) is 4.79 Å². The van der Waals surface area contributed by atoms with Gasteiger partial charge in [0.1, 0.15) is 5.75 Å². The predicted octanol–water partition coefficient (Wildman–Crippen LogP) is 4.47. The number of hydrogen-bond donors (Lipinski definition) is 3. The number of rotatable bonds is 6. The zero-order valence-corrected chi connectivity index (χ0v) is 18.8. The Morgan fingerprint density at radius 3 is 2.69 bits per heavy atom. The highest BCUT2D eigenvalue weighted by molar-refractivity contribution is 5.93. The first kappa shape index (κ1) is 21.7. The predicted molar refractivity (Wildman–Crippen MR) is 126 cm³/mol. The number of nitrogens with one attached hydrogen (secondary N) is 3. The van der Waals surface area contributed by atoms with Crippen molar-refractivity contribution >= 4 is 28.5 Å². The summed E-state index contributed by atoms with van der Waals surface area (Å²) in [7, 11) is 1.55. The fraction of sp³-hybridized carbons (Fsp3) is 0.360. The molecule has 7 nitrogen and oxygen atoms in total. The van der Waals surface area contributed by atoms with Crippen LogP contribution in [0.5, 0.6) is 5.75 Å². The quantitative estimate of drug-likeness (QED) is 0.535. The van der Waals surface area contributed by atoms with Crippen molar-refractivity contribution in [1.82, 2.24) is 15.2 Å². The van der Waals surface area contributed by atoms with E-state index in [0.29, 0.717) is 23.9 Å². The summed E-state index contributed by atoms with van der Waals surface area (Å²) in [6, 6.07) is 15.0. The number of benzene rings is 2. The van der Waals surface area contributed by atoms with Crippen LogP contribution in [0, 0.1) is 5.92 Å². The molecule has 1 aliphatic rings. The van der Waals surface area contributed by atoms with E-state index in [1.165, 1.54) is 10.9 Å². The number of ether oxygens (including phenoxy) is 1.